The predicted octanol–water partition coefficient (Wildman–Crippen LogP) is 3.53. The van der Waals surface area contributed by atoms with Gasteiger partial charge >= 0.3 is 0 Å². The molecule has 0 radical (unpaired) electrons. The number of nitrogens with zero attached hydrogens (tertiary/aromatic N) is 3. The number of halogens is 1. The van der Waals surface area contributed by atoms with Gasteiger partial charge in [0.15, 0.2) is 0 Å². The van der Waals surface area contributed by atoms with Crippen LogP contribution in [-0.2, 0) is 18.7 Å². The van der Waals surface area contributed by atoms with Crippen LogP contribution in [0.15, 0.2) is 43.1 Å². The van der Waals surface area contributed by atoms with Crippen LogP contribution in [0, 0.1) is 12.7 Å². The van der Waals surface area contributed by atoms with Gasteiger partial charge in [0.1, 0.15) is 5.82 Å². The Morgan fingerprint density at radius 1 is 1.27 bits per heavy atom. The Labute approximate surface area is 153 Å². The van der Waals surface area contributed by atoms with Gasteiger partial charge in [-0.25, -0.2) is 4.39 Å². The lowest BCUT2D eigenvalue weighted by Gasteiger charge is -2.44. The molecule has 2 bridgehead atoms. The van der Waals surface area contributed by atoms with E-state index < -0.39 is 5.60 Å². The van der Waals surface area contributed by atoms with Crippen molar-refractivity contribution >= 4 is 0 Å². The first-order valence-corrected chi connectivity index (χ1v) is 9.36. The van der Waals surface area contributed by atoms with Crippen LogP contribution in [0.4, 0.5) is 4.39 Å². The van der Waals surface area contributed by atoms with E-state index in [9.17, 15) is 9.50 Å². The summed E-state index contributed by atoms with van der Waals surface area (Å²) in [5.41, 5.74) is 2.30. The zero-order valence-electron chi connectivity index (χ0n) is 15.2. The molecule has 1 aromatic heterocycles. The fourth-order valence-corrected chi connectivity index (χ4v) is 4.71. The van der Waals surface area contributed by atoms with Gasteiger partial charge in [-0.3, -0.25) is 9.58 Å². The lowest BCUT2D eigenvalue weighted by Crippen LogP contribution is -2.49. The summed E-state index contributed by atoms with van der Waals surface area (Å²) in [5.74, 6) is -0.259. The Morgan fingerprint density at radius 3 is 2.54 bits per heavy atom. The Bertz CT molecular complexity index is 784. The Hall–Kier alpha value is -1.98. The van der Waals surface area contributed by atoms with Crippen molar-refractivity contribution in [3.05, 3.63) is 65.8 Å². The number of hydrogen-bond acceptors (Lipinski definition) is 3. The first-order chi connectivity index (χ1) is 12.5. The average molecular weight is 355 g/mol. The van der Waals surface area contributed by atoms with Crippen LogP contribution in [0.5, 0.6) is 0 Å². The van der Waals surface area contributed by atoms with Gasteiger partial charge < -0.3 is 5.11 Å². The number of fused-ring (bicyclic) bond motifs is 2. The van der Waals surface area contributed by atoms with Crippen LogP contribution < -0.4 is 0 Å². The minimum atomic E-state index is -0.849. The molecule has 0 saturated carbocycles. The standard InChI is InChI=1S/C21H26FN3O/c1-3-10-24-13-16(15(2)23-24)14-25-19-8-9-20(25)12-21(26,11-19)17-4-6-18(22)7-5-17/h3-7,13,19-20,26H,1,8-12,14H2,2H3. The van der Waals surface area contributed by atoms with E-state index in [0.717, 1.165) is 37.2 Å². The third-order valence-corrected chi connectivity index (χ3v) is 6.02. The van der Waals surface area contributed by atoms with Crippen molar-refractivity contribution in [1.29, 1.82) is 0 Å². The smallest absolute Gasteiger partial charge is 0.123 e. The summed E-state index contributed by atoms with van der Waals surface area (Å²) >= 11 is 0. The first kappa shape index (κ1) is 17.4. The molecule has 3 heterocycles. The van der Waals surface area contributed by atoms with E-state index in [0.29, 0.717) is 24.9 Å². The van der Waals surface area contributed by atoms with Crippen molar-refractivity contribution in [2.75, 3.05) is 0 Å². The maximum Gasteiger partial charge on any atom is 0.123 e. The number of aryl methyl sites for hydroxylation is 1. The predicted molar refractivity (Wildman–Crippen MR) is 99.0 cm³/mol. The monoisotopic (exact) mass is 355 g/mol. The third kappa shape index (κ3) is 3.10. The van der Waals surface area contributed by atoms with Gasteiger partial charge in [0.05, 0.1) is 17.8 Å². The molecule has 2 aromatic rings. The molecular formula is C21H26FN3O. The zero-order valence-corrected chi connectivity index (χ0v) is 15.2. The van der Waals surface area contributed by atoms with Gasteiger partial charge in [0.2, 0.25) is 0 Å². The maximum atomic E-state index is 13.2. The third-order valence-electron chi connectivity index (χ3n) is 6.02. The molecule has 5 heteroatoms. The highest BCUT2D eigenvalue weighted by molar-refractivity contribution is 5.26. The van der Waals surface area contributed by atoms with Crippen LogP contribution in [0.1, 0.15) is 42.5 Å². The molecule has 138 valence electrons. The summed E-state index contributed by atoms with van der Waals surface area (Å²) < 4.78 is 15.2. The highest BCUT2D eigenvalue weighted by atomic mass is 19.1. The van der Waals surface area contributed by atoms with E-state index in [1.165, 1.54) is 17.7 Å². The number of aromatic nitrogens is 2. The normalized spacial score (nSPS) is 28.4. The summed E-state index contributed by atoms with van der Waals surface area (Å²) in [7, 11) is 0. The Morgan fingerprint density at radius 2 is 1.92 bits per heavy atom. The number of aliphatic hydroxyl groups is 1. The van der Waals surface area contributed by atoms with Crippen molar-refractivity contribution < 1.29 is 9.50 Å². The SMILES string of the molecule is C=CCn1cc(CN2C3CCC2CC(O)(c2ccc(F)cc2)C3)c(C)n1. The van der Waals surface area contributed by atoms with Gasteiger partial charge in [-0.2, -0.15) is 5.10 Å². The van der Waals surface area contributed by atoms with Crippen molar-refractivity contribution in [2.45, 2.75) is 63.4 Å². The van der Waals surface area contributed by atoms with Crippen LogP contribution >= 0.6 is 0 Å². The summed E-state index contributed by atoms with van der Waals surface area (Å²) in [5, 5.41) is 15.8. The molecule has 2 unspecified atom stereocenters. The highest BCUT2D eigenvalue weighted by Gasteiger charge is 2.48. The van der Waals surface area contributed by atoms with E-state index in [-0.39, 0.29) is 5.82 Å². The zero-order chi connectivity index (χ0) is 18.3. The molecule has 1 aromatic carbocycles. The molecule has 2 saturated heterocycles. The number of piperidine rings is 1. The molecule has 4 rings (SSSR count). The van der Waals surface area contributed by atoms with E-state index >= 15 is 0 Å². The quantitative estimate of drug-likeness (QED) is 0.834. The molecule has 1 N–H and O–H groups in total. The van der Waals surface area contributed by atoms with Crippen LogP contribution in [0.25, 0.3) is 0 Å². The molecule has 26 heavy (non-hydrogen) atoms. The van der Waals surface area contributed by atoms with Crippen molar-refractivity contribution in [3.63, 3.8) is 0 Å². The number of allylic oxidation sites excluding steroid dienone is 1. The molecular weight excluding hydrogens is 329 g/mol. The molecule has 4 nitrogen and oxygen atoms in total. The van der Waals surface area contributed by atoms with Gasteiger partial charge in [-0.1, -0.05) is 18.2 Å². The molecule has 0 amide bonds. The second-order valence-corrected chi connectivity index (χ2v) is 7.75. The summed E-state index contributed by atoms with van der Waals surface area (Å²) in [6.45, 7) is 7.42. The maximum absolute atomic E-state index is 13.2. The summed E-state index contributed by atoms with van der Waals surface area (Å²) in [6, 6.07) is 7.05. The molecule has 0 aliphatic carbocycles. The van der Waals surface area contributed by atoms with Gasteiger partial charge in [-0.15, -0.1) is 6.58 Å². The van der Waals surface area contributed by atoms with Crippen LogP contribution in [0.2, 0.25) is 0 Å². The Balaban J connectivity index is 1.52. The number of rotatable bonds is 5. The fourth-order valence-electron chi connectivity index (χ4n) is 4.71. The van der Waals surface area contributed by atoms with E-state index in [1.807, 2.05) is 10.8 Å². The summed E-state index contributed by atoms with van der Waals surface area (Å²) in [4.78, 5) is 2.53. The first-order valence-electron chi connectivity index (χ1n) is 9.36. The van der Waals surface area contributed by atoms with Gasteiger partial charge in [0.25, 0.3) is 0 Å². The highest BCUT2D eigenvalue weighted by Crippen LogP contribution is 2.46. The number of benzene rings is 1. The topological polar surface area (TPSA) is 41.3 Å². The minimum absolute atomic E-state index is 0.259. The second-order valence-electron chi connectivity index (χ2n) is 7.75. The molecule has 0 spiro atoms. The fraction of sp³-hybridized carbons (Fsp3) is 0.476. The van der Waals surface area contributed by atoms with Crippen molar-refractivity contribution in [3.8, 4) is 0 Å². The van der Waals surface area contributed by atoms with Crippen molar-refractivity contribution in [1.82, 2.24) is 14.7 Å². The average Bonchev–Trinajstić information content (AvgIpc) is 3.06. The lowest BCUT2D eigenvalue weighted by molar-refractivity contribution is -0.0595. The van der Waals surface area contributed by atoms with Gasteiger partial charge in [-0.05, 0) is 50.3 Å². The van der Waals surface area contributed by atoms with Crippen LogP contribution in [-0.4, -0.2) is 31.9 Å². The van der Waals surface area contributed by atoms with Crippen LogP contribution in [0.3, 0.4) is 0 Å². The van der Waals surface area contributed by atoms with E-state index in [1.54, 1.807) is 12.1 Å². The second kappa shape index (κ2) is 6.63. The van der Waals surface area contributed by atoms with E-state index in [2.05, 4.69) is 29.7 Å². The molecule has 2 atom stereocenters. The number of hydrogen-bond donors (Lipinski definition) is 1. The summed E-state index contributed by atoms with van der Waals surface area (Å²) in [6.07, 6.45) is 7.58. The van der Waals surface area contributed by atoms with Crippen molar-refractivity contribution in [2.24, 2.45) is 0 Å². The molecule has 2 aliphatic heterocycles. The minimum Gasteiger partial charge on any atom is -0.385 e. The van der Waals surface area contributed by atoms with Gasteiger partial charge in [0, 0.05) is 30.4 Å². The lowest BCUT2D eigenvalue weighted by atomic mass is 9.80. The molecule has 2 fully saturated rings. The molecule has 2 aliphatic rings. The van der Waals surface area contributed by atoms with E-state index in [4.69, 9.17) is 0 Å². The largest absolute Gasteiger partial charge is 0.385 e. The Kier molecular flexibility index (Phi) is 4.45.